The Kier molecular flexibility index (Phi) is 4.54. The number of rotatable bonds is 4. The molecule has 0 saturated carbocycles. The van der Waals surface area contributed by atoms with E-state index in [-0.39, 0.29) is 6.15 Å². The Bertz CT molecular complexity index is 413. The lowest BCUT2D eigenvalue weighted by molar-refractivity contribution is 0.306. The normalized spacial score (nSPS) is 9.56. The van der Waals surface area contributed by atoms with E-state index in [1.54, 1.807) is 18.7 Å². The van der Waals surface area contributed by atoms with Crippen molar-refractivity contribution in [3.8, 4) is 5.75 Å². The van der Waals surface area contributed by atoms with Gasteiger partial charge in [-0.25, -0.2) is 0 Å². The maximum absolute atomic E-state index is 5.59. The van der Waals surface area contributed by atoms with Gasteiger partial charge in [-0.15, -0.1) is 0 Å². The summed E-state index contributed by atoms with van der Waals surface area (Å²) in [5.41, 5.74) is 1.10. The second-order valence-electron chi connectivity index (χ2n) is 3.32. The van der Waals surface area contributed by atoms with Crippen LogP contribution in [-0.4, -0.2) is 11.6 Å². The van der Waals surface area contributed by atoms with Crippen molar-refractivity contribution >= 4 is 0 Å². The molecule has 0 amide bonds. The van der Waals surface area contributed by atoms with Crippen molar-refractivity contribution in [3.63, 3.8) is 0 Å². The van der Waals surface area contributed by atoms with E-state index in [0.717, 1.165) is 23.5 Å². The van der Waals surface area contributed by atoms with E-state index >= 15 is 0 Å². The van der Waals surface area contributed by atoms with Gasteiger partial charge in [0.1, 0.15) is 11.5 Å². The summed E-state index contributed by atoms with van der Waals surface area (Å²) in [4.78, 5) is 4.01. The zero-order chi connectivity index (χ0) is 10.5. The molecule has 0 fully saturated rings. The first-order chi connectivity index (χ1) is 7.36. The van der Waals surface area contributed by atoms with Gasteiger partial charge in [0.15, 0.2) is 0 Å². The van der Waals surface area contributed by atoms with Gasteiger partial charge in [-0.2, -0.15) is 0 Å². The number of aryl methyl sites for hydroxylation is 1. The molecule has 0 atom stereocenters. The molecule has 0 spiro atoms. The molecule has 86 valence electrons. The summed E-state index contributed by atoms with van der Waals surface area (Å²) in [6.45, 7) is 2.62. The van der Waals surface area contributed by atoms with Crippen LogP contribution in [-0.2, 0) is 6.42 Å². The third-order valence-electron chi connectivity index (χ3n) is 2.18. The molecule has 2 rings (SSSR count). The Labute approximate surface area is 94.8 Å². The van der Waals surface area contributed by atoms with Crippen LogP contribution < -0.4 is 10.9 Å². The Morgan fingerprint density at radius 2 is 2.25 bits per heavy atom. The maximum atomic E-state index is 5.59. The fraction of sp³-hybridized carbons (Fsp3) is 0.250. The molecule has 0 aliphatic carbocycles. The van der Waals surface area contributed by atoms with E-state index in [1.165, 1.54) is 0 Å². The van der Waals surface area contributed by atoms with Crippen molar-refractivity contribution in [2.75, 3.05) is 6.61 Å². The third-order valence-corrected chi connectivity index (χ3v) is 2.18. The van der Waals surface area contributed by atoms with Crippen LogP contribution in [0.1, 0.15) is 11.3 Å². The highest BCUT2D eigenvalue weighted by Crippen LogP contribution is 2.14. The molecule has 2 aromatic heterocycles. The second kappa shape index (κ2) is 5.92. The van der Waals surface area contributed by atoms with Crippen molar-refractivity contribution in [2.24, 2.45) is 0 Å². The Balaban J connectivity index is 0.00000128. The molecule has 0 saturated heterocycles. The molecule has 0 radical (unpaired) electrons. The topological polar surface area (TPSA) is 70.3 Å². The van der Waals surface area contributed by atoms with Crippen LogP contribution in [0.25, 0.3) is 0 Å². The minimum absolute atomic E-state index is 0. The molecule has 0 unspecified atom stereocenters. The van der Waals surface area contributed by atoms with Gasteiger partial charge in [-0.05, 0) is 30.7 Å². The van der Waals surface area contributed by atoms with Crippen molar-refractivity contribution < 1.29 is 9.15 Å². The molecule has 0 aliphatic heterocycles. The van der Waals surface area contributed by atoms with E-state index in [4.69, 9.17) is 9.15 Å². The molecule has 2 heterocycles. The van der Waals surface area contributed by atoms with Crippen molar-refractivity contribution in [2.45, 2.75) is 13.3 Å². The van der Waals surface area contributed by atoms with Gasteiger partial charge < -0.3 is 15.3 Å². The summed E-state index contributed by atoms with van der Waals surface area (Å²) in [6.07, 6.45) is 5.94. The predicted molar refractivity (Wildman–Crippen MR) is 61.9 cm³/mol. The van der Waals surface area contributed by atoms with Crippen LogP contribution in [0, 0.1) is 6.92 Å². The van der Waals surface area contributed by atoms with Crippen LogP contribution in [0.4, 0.5) is 0 Å². The lowest BCUT2D eigenvalue weighted by atomic mass is 10.3. The number of pyridine rings is 1. The molecular formula is C12H16N2O2. The third kappa shape index (κ3) is 3.10. The molecule has 0 aliphatic rings. The Morgan fingerprint density at radius 1 is 1.38 bits per heavy atom. The van der Waals surface area contributed by atoms with Crippen LogP contribution in [0.5, 0.6) is 5.75 Å². The highest BCUT2D eigenvalue weighted by atomic mass is 16.5. The second-order valence-corrected chi connectivity index (χ2v) is 3.32. The number of ether oxygens (including phenoxy) is 1. The summed E-state index contributed by atoms with van der Waals surface area (Å²) in [5.74, 6) is 1.78. The lowest BCUT2D eigenvalue weighted by Gasteiger charge is -2.06. The maximum Gasteiger partial charge on any atom is 0.140 e. The minimum Gasteiger partial charge on any atom is -0.491 e. The average Bonchev–Trinajstić information content (AvgIpc) is 2.74. The van der Waals surface area contributed by atoms with Gasteiger partial charge in [0.2, 0.25) is 0 Å². The summed E-state index contributed by atoms with van der Waals surface area (Å²) in [6, 6.07) is 5.76. The summed E-state index contributed by atoms with van der Waals surface area (Å²) < 4.78 is 10.8. The lowest BCUT2D eigenvalue weighted by Crippen LogP contribution is -2.01. The monoisotopic (exact) mass is 220 g/mol. The first-order valence-corrected chi connectivity index (χ1v) is 4.92. The molecule has 4 nitrogen and oxygen atoms in total. The van der Waals surface area contributed by atoms with Gasteiger partial charge in [-0.1, -0.05) is 0 Å². The highest BCUT2D eigenvalue weighted by molar-refractivity contribution is 5.27. The SMILES string of the molecule is Cc1ccncc1OCCc1ccco1.N. The van der Waals surface area contributed by atoms with Crippen molar-refractivity contribution in [1.29, 1.82) is 0 Å². The fourth-order valence-corrected chi connectivity index (χ4v) is 1.32. The van der Waals surface area contributed by atoms with Crippen molar-refractivity contribution in [1.82, 2.24) is 11.1 Å². The van der Waals surface area contributed by atoms with Gasteiger partial charge in [-0.3, -0.25) is 4.98 Å². The molecule has 0 aromatic carbocycles. The fourth-order valence-electron chi connectivity index (χ4n) is 1.32. The first kappa shape index (κ1) is 12.3. The summed E-state index contributed by atoms with van der Waals surface area (Å²) in [5, 5.41) is 0. The van der Waals surface area contributed by atoms with E-state index < -0.39 is 0 Å². The zero-order valence-electron chi connectivity index (χ0n) is 9.35. The summed E-state index contributed by atoms with van der Waals surface area (Å²) in [7, 11) is 0. The van der Waals surface area contributed by atoms with Gasteiger partial charge in [0.25, 0.3) is 0 Å². The zero-order valence-corrected chi connectivity index (χ0v) is 9.35. The van der Waals surface area contributed by atoms with Crippen LogP contribution in [0.15, 0.2) is 41.3 Å². The van der Waals surface area contributed by atoms with Crippen LogP contribution in [0.2, 0.25) is 0 Å². The number of furan rings is 1. The number of nitrogens with zero attached hydrogens (tertiary/aromatic N) is 1. The van der Waals surface area contributed by atoms with E-state index in [0.29, 0.717) is 6.61 Å². The quantitative estimate of drug-likeness (QED) is 0.860. The predicted octanol–water partition coefficient (Wildman–Crippen LogP) is 2.77. The van der Waals surface area contributed by atoms with Crippen molar-refractivity contribution in [3.05, 3.63) is 48.2 Å². The average molecular weight is 220 g/mol. The van der Waals surface area contributed by atoms with E-state index in [9.17, 15) is 0 Å². The van der Waals surface area contributed by atoms with Crippen LogP contribution >= 0.6 is 0 Å². The molecule has 4 heteroatoms. The number of aromatic nitrogens is 1. The standard InChI is InChI=1S/C12H13NO2.H3N/c1-10-4-6-13-9-12(10)15-8-5-11-3-2-7-14-11;/h2-4,6-7,9H,5,8H2,1H3;1H3. The molecule has 0 bridgehead atoms. The largest absolute Gasteiger partial charge is 0.491 e. The molecule has 16 heavy (non-hydrogen) atoms. The van der Waals surface area contributed by atoms with Gasteiger partial charge in [0.05, 0.1) is 19.1 Å². The Hall–Kier alpha value is -1.81. The number of hydrogen-bond donors (Lipinski definition) is 1. The van der Waals surface area contributed by atoms with Gasteiger partial charge >= 0.3 is 0 Å². The minimum atomic E-state index is 0. The number of hydrogen-bond acceptors (Lipinski definition) is 4. The Morgan fingerprint density at radius 3 is 2.94 bits per heavy atom. The molecular weight excluding hydrogens is 204 g/mol. The van der Waals surface area contributed by atoms with E-state index in [1.807, 2.05) is 25.1 Å². The summed E-state index contributed by atoms with van der Waals surface area (Å²) >= 11 is 0. The van der Waals surface area contributed by atoms with Crippen LogP contribution in [0.3, 0.4) is 0 Å². The molecule has 3 N–H and O–H groups in total. The highest BCUT2D eigenvalue weighted by Gasteiger charge is 1.99. The van der Waals surface area contributed by atoms with E-state index in [2.05, 4.69) is 4.98 Å². The smallest absolute Gasteiger partial charge is 0.140 e. The first-order valence-electron chi connectivity index (χ1n) is 4.92. The van der Waals surface area contributed by atoms with Gasteiger partial charge in [0, 0.05) is 12.6 Å². The molecule has 2 aromatic rings.